The van der Waals surface area contributed by atoms with Crippen LogP contribution in [0.3, 0.4) is 0 Å². The molecule has 2 aromatic rings. The highest BCUT2D eigenvalue weighted by Crippen LogP contribution is 2.32. The third kappa shape index (κ3) is 3.02. The Morgan fingerprint density at radius 2 is 1.45 bits per heavy atom. The topological polar surface area (TPSA) is 37.3 Å². The second kappa shape index (κ2) is 5.82. The first-order chi connectivity index (χ1) is 9.49. The molecule has 0 spiro atoms. The third-order valence-corrected chi connectivity index (χ3v) is 3.31. The van der Waals surface area contributed by atoms with Crippen molar-refractivity contribution in [2.75, 3.05) is 0 Å². The van der Waals surface area contributed by atoms with E-state index in [2.05, 4.69) is 0 Å². The van der Waals surface area contributed by atoms with Crippen LogP contribution < -0.4 is 0 Å². The van der Waals surface area contributed by atoms with Gasteiger partial charge >= 0.3 is 5.97 Å². The predicted octanol–water partition coefficient (Wildman–Crippen LogP) is 3.82. The van der Waals surface area contributed by atoms with Crippen LogP contribution in [0.5, 0.6) is 0 Å². The first-order valence-corrected chi connectivity index (χ1v) is 6.23. The minimum atomic E-state index is -1.01. The van der Waals surface area contributed by atoms with E-state index < -0.39 is 29.4 Å². The van der Waals surface area contributed by atoms with Crippen molar-refractivity contribution < 1.29 is 18.7 Å². The molecule has 0 heterocycles. The summed E-state index contributed by atoms with van der Waals surface area (Å²) in [7, 11) is 0. The average molecular weight is 276 g/mol. The molecule has 4 heteroatoms. The monoisotopic (exact) mass is 276 g/mol. The van der Waals surface area contributed by atoms with Crippen LogP contribution in [0, 0.1) is 17.6 Å². The van der Waals surface area contributed by atoms with Crippen LogP contribution in [0.15, 0.2) is 48.5 Å². The van der Waals surface area contributed by atoms with Crippen LogP contribution in [-0.2, 0) is 4.79 Å². The smallest absolute Gasteiger partial charge is 0.307 e. The van der Waals surface area contributed by atoms with Crippen LogP contribution in [0.2, 0.25) is 0 Å². The highest BCUT2D eigenvalue weighted by Gasteiger charge is 2.27. The maximum absolute atomic E-state index is 13.4. The molecule has 0 aliphatic rings. The number of rotatable bonds is 4. The van der Waals surface area contributed by atoms with Gasteiger partial charge in [0.1, 0.15) is 11.6 Å². The van der Waals surface area contributed by atoms with E-state index in [1.54, 1.807) is 12.1 Å². The van der Waals surface area contributed by atoms with E-state index in [9.17, 15) is 18.7 Å². The molecule has 2 rings (SSSR count). The molecular formula is C16H14F2O2. The minimum Gasteiger partial charge on any atom is -0.481 e. The van der Waals surface area contributed by atoms with Crippen LogP contribution in [0.25, 0.3) is 0 Å². The van der Waals surface area contributed by atoms with Gasteiger partial charge in [0.15, 0.2) is 0 Å². The molecule has 1 atom stereocenters. The van der Waals surface area contributed by atoms with Crippen molar-refractivity contribution in [3.8, 4) is 0 Å². The Kier molecular flexibility index (Phi) is 4.13. The van der Waals surface area contributed by atoms with Gasteiger partial charge in [-0.05, 0) is 35.4 Å². The molecule has 0 saturated carbocycles. The summed E-state index contributed by atoms with van der Waals surface area (Å²) in [5.74, 6) is -3.29. The number of aliphatic carboxylic acids is 1. The lowest BCUT2D eigenvalue weighted by molar-refractivity contribution is -0.141. The Bertz CT molecular complexity index is 580. The molecule has 0 fully saturated rings. The summed E-state index contributed by atoms with van der Waals surface area (Å²) in [5.41, 5.74) is 1.04. The van der Waals surface area contributed by atoms with Crippen molar-refractivity contribution >= 4 is 5.97 Å². The van der Waals surface area contributed by atoms with Gasteiger partial charge in [-0.15, -0.1) is 0 Å². The van der Waals surface area contributed by atoms with Gasteiger partial charge in [-0.25, -0.2) is 8.78 Å². The third-order valence-electron chi connectivity index (χ3n) is 3.31. The van der Waals surface area contributed by atoms with Gasteiger partial charge in [0.2, 0.25) is 0 Å². The van der Waals surface area contributed by atoms with Gasteiger partial charge in [-0.2, -0.15) is 0 Å². The standard InChI is InChI=1S/C16H14F2O2/c1-10(16(19)20)15(11-4-2-6-13(17)8-11)12-5-3-7-14(18)9-12/h2-10,15H,1H3,(H,19,20)/t10-/m0/s1. The number of hydrogen-bond donors (Lipinski definition) is 1. The Morgan fingerprint density at radius 3 is 1.80 bits per heavy atom. The van der Waals surface area contributed by atoms with Crippen molar-refractivity contribution in [1.29, 1.82) is 0 Å². The van der Waals surface area contributed by atoms with Crippen molar-refractivity contribution in [2.24, 2.45) is 5.92 Å². The van der Waals surface area contributed by atoms with E-state index in [1.807, 2.05) is 0 Å². The quantitative estimate of drug-likeness (QED) is 0.921. The normalized spacial score (nSPS) is 12.4. The second-order valence-electron chi connectivity index (χ2n) is 4.71. The van der Waals surface area contributed by atoms with E-state index in [0.717, 1.165) is 0 Å². The van der Waals surface area contributed by atoms with Crippen molar-refractivity contribution in [3.05, 3.63) is 71.3 Å². The fourth-order valence-corrected chi connectivity index (χ4v) is 2.31. The summed E-state index contributed by atoms with van der Waals surface area (Å²) in [6, 6.07) is 11.5. The fraction of sp³-hybridized carbons (Fsp3) is 0.188. The first-order valence-electron chi connectivity index (χ1n) is 6.23. The highest BCUT2D eigenvalue weighted by molar-refractivity contribution is 5.72. The number of carboxylic acid groups (broad SMARTS) is 1. The van der Waals surface area contributed by atoms with Crippen molar-refractivity contribution in [1.82, 2.24) is 0 Å². The zero-order valence-corrected chi connectivity index (χ0v) is 10.9. The number of benzene rings is 2. The summed E-state index contributed by atoms with van der Waals surface area (Å²) >= 11 is 0. The molecule has 0 radical (unpaired) electrons. The summed E-state index contributed by atoms with van der Waals surface area (Å²) in [5, 5.41) is 9.23. The van der Waals surface area contributed by atoms with E-state index in [0.29, 0.717) is 11.1 Å². The lowest BCUT2D eigenvalue weighted by atomic mass is 9.81. The summed E-state index contributed by atoms with van der Waals surface area (Å²) < 4.78 is 26.7. The Balaban J connectivity index is 2.53. The molecule has 2 nitrogen and oxygen atoms in total. The minimum absolute atomic E-state index is 0.443. The molecule has 0 aliphatic carbocycles. The second-order valence-corrected chi connectivity index (χ2v) is 4.71. The molecule has 1 N–H and O–H groups in total. The van der Waals surface area contributed by atoms with E-state index in [-0.39, 0.29) is 0 Å². The van der Waals surface area contributed by atoms with Crippen LogP contribution in [0.1, 0.15) is 24.0 Å². The molecule has 2 aromatic carbocycles. The molecule has 0 aliphatic heterocycles. The van der Waals surface area contributed by atoms with Crippen LogP contribution >= 0.6 is 0 Å². The molecule has 20 heavy (non-hydrogen) atoms. The summed E-state index contributed by atoms with van der Waals surface area (Å²) in [4.78, 5) is 11.3. The number of hydrogen-bond acceptors (Lipinski definition) is 1. The molecule has 0 saturated heterocycles. The molecule has 104 valence electrons. The van der Waals surface area contributed by atoms with Gasteiger partial charge in [0.05, 0.1) is 5.92 Å². The van der Waals surface area contributed by atoms with E-state index >= 15 is 0 Å². The van der Waals surface area contributed by atoms with Gasteiger partial charge in [-0.1, -0.05) is 31.2 Å². The Hall–Kier alpha value is -2.23. The van der Waals surface area contributed by atoms with Crippen molar-refractivity contribution in [2.45, 2.75) is 12.8 Å². The molecule has 0 aromatic heterocycles. The fourth-order valence-electron chi connectivity index (χ4n) is 2.31. The Morgan fingerprint density at radius 1 is 1.00 bits per heavy atom. The molecular weight excluding hydrogens is 262 g/mol. The maximum Gasteiger partial charge on any atom is 0.307 e. The molecule has 0 bridgehead atoms. The predicted molar refractivity (Wildman–Crippen MR) is 71.4 cm³/mol. The van der Waals surface area contributed by atoms with Gasteiger partial charge in [0.25, 0.3) is 0 Å². The van der Waals surface area contributed by atoms with Gasteiger partial charge in [0, 0.05) is 5.92 Å². The Labute approximate surface area is 115 Å². The van der Waals surface area contributed by atoms with E-state index in [4.69, 9.17) is 0 Å². The highest BCUT2D eigenvalue weighted by atomic mass is 19.1. The largest absolute Gasteiger partial charge is 0.481 e. The summed E-state index contributed by atoms with van der Waals surface area (Å²) in [6.07, 6.45) is 0. The number of halogens is 2. The average Bonchev–Trinajstić information content (AvgIpc) is 2.39. The molecule has 0 amide bonds. The van der Waals surface area contributed by atoms with E-state index in [1.165, 1.54) is 43.3 Å². The lowest BCUT2D eigenvalue weighted by Gasteiger charge is -2.22. The zero-order chi connectivity index (χ0) is 14.7. The number of carbonyl (C=O) groups is 1. The van der Waals surface area contributed by atoms with Gasteiger partial charge < -0.3 is 5.11 Å². The zero-order valence-electron chi connectivity index (χ0n) is 10.9. The number of carboxylic acids is 1. The van der Waals surface area contributed by atoms with Crippen LogP contribution in [0.4, 0.5) is 8.78 Å². The maximum atomic E-state index is 13.4. The van der Waals surface area contributed by atoms with Crippen molar-refractivity contribution in [3.63, 3.8) is 0 Å². The molecule has 0 unspecified atom stereocenters. The lowest BCUT2D eigenvalue weighted by Crippen LogP contribution is -2.20. The van der Waals surface area contributed by atoms with Gasteiger partial charge in [-0.3, -0.25) is 4.79 Å². The first kappa shape index (κ1) is 14.2. The summed E-state index contributed by atoms with van der Waals surface area (Å²) in [6.45, 7) is 1.53. The SMILES string of the molecule is C[C@H](C(=O)O)C(c1cccc(F)c1)c1cccc(F)c1. The van der Waals surface area contributed by atoms with Crippen LogP contribution in [-0.4, -0.2) is 11.1 Å².